The lowest BCUT2D eigenvalue weighted by molar-refractivity contribution is -0.248. The largest absolute Gasteiger partial charge is 0.314 e. The maximum atomic E-state index is 12.1. The minimum Gasteiger partial charge on any atom is -0.314 e. The topological polar surface area (TPSA) is 35.2 Å². The molecule has 0 aromatic carbocycles. The summed E-state index contributed by atoms with van der Waals surface area (Å²) in [4.78, 5) is 0. The highest BCUT2D eigenvalue weighted by Gasteiger charge is 2.51. The van der Waals surface area contributed by atoms with Gasteiger partial charge >= 0.3 is 0 Å². The Morgan fingerprint density at radius 3 is 2.20 bits per heavy atom. The molecule has 0 bridgehead atoms. The van der Waals surface area contributed by atoms with Gasteiger partial charge in [-0.15, -0.1) is 10.3 Å². The van der Waals surface area contributed by atoms with Gasteiger partial charge in [0.05, 0.1) is 0 Å². The first-order valence-corrected chi connectivity index (χ1v) is 5.89. The molecule has 15 heavy (non-hydrogen) atoms. The lowest BCUT2D eigenvalue weighted by Gasteiger charge is -2.34. The summed E-state index contributed by atoms with van der Waals surface area (Å²) in [5.41, 5.74) is -0.460. The van der Waals surface area contributed by atoms with Gasteiger partial charge in [-0.1, -0.05) is 13.8 Å². The molecular formula is C12H25N2O. The predicted molar refractivity (Wildman–Crippen MR) is 61.9 cm³/mol. The molecule has 0 aromatic heterocycles. The number of nitrogens with zero attached hydrogens (tertiary/aromatic N) is 1. The third-order valence-corrected chi connectivity index (χ3v) is 3.59. The first-order valence-electron chi connectivity index (χ1n) is 5.89. The molecule has 1 saturated heterocycles. The van der Waals surface area contributed by atoms with Crippen molar-refractivity contribution in [3.63, 3.8) is 0 Å². The Bertz CT molecular complexity index is 224. The lowest BCUT2D eigenvalue weighted by atomic mass is 9.87. The van der Waals surface area contributed by atoms with E-state index in [-0.39, 0.29) is 11.1 Å². The van der Waals surface area contributed by atoms with Crippen molar-refractivity contribution in [3.05, 3.63) is 0 Å². The molecular weight excluding hydrogens is 188 g/mol. The highest BCUT2D eigenvalue weighted by Crippen LogP contribution is 2.43. The number of hydroxylamine groups is 2. The summed E-state index contributed by atoms with van der Waals surface area (Å²) in [6, 6.07) is 0.490. The van der Waals surface area contributed by atoms with E-state index in [0.29, 0.717) is 12.0 Å². The molecule has 3 heteroatoms. The molecule has 0 aliphatic carbocycles. The fraction of sp³-hybridized carbons (Fsp3) is 1.00. The lowest BCUT2D eigenvalue weighted by Crippen LogP contribution is -2.48. The second-order valence-corrected chi connectivity index (χ2v) is 6.22. The number of hydrogen-bond donors (Lipinski definition) is 1. The Labute approximate surface area is 93.8 Å². The Hall–Kier alpha value is -0.120. The summed E-state index contributed by atoms with van der Waals surface area (Å²) in [7, 11) is 0. The van der Waals surface area contributed by atoms with Gasteiger partial charge in [0.15, 0.2) is 0 Å². The van der Waals surface area contributed by atoms with E-state index >= 15 is 0 Å². The molecule has 0 saturated carbocycles. The number of nitrogens with one attached hydrogen (secondary N) is 1. The summed E-state index contributed by atoms with van der Waals surface area (Å²) in [6.07, 6.45) is 0.975. The first kappa shape index (κ1) is 12.9. The third-order valence-electron chi connectivity index (χ3n) is 3.59. The van der Waals surface area contributed by atoms with Gasteiger partial charge in [-0.05, 0) is 40.0 Å². The smallest absolute Gasteiger partial charge is 0.0484 e. The maximum Gasteiger partial charge on any atom is 0.0484 e. The van der Waals surface area contributed by atoms with Crippen molar-refractivity contribution < 1.29 is 5.21 Å². The standard InChI is InChI=1S/C12H25N2O/c1-9(2)13-8-10-7-11(3,4)14(15)12(10,5)6/h9-10,13H,7-8H2,1-6H3. The van der Waals surface area contributed by atoms with Crippen molar-refractivity contribution in [3.8, 4) is 0 Å². The number of rotatable bonds is 3. The van der Waals surface area contributed by atoms with Crippen LogP contribution in [-0.4, -0.2) is 28.7 Å². The Kier molecular flexibility index (Phi) is 3.49. The summed E-state index contributed by atoms with van der Waals surface area (Å²) in [6.45, 7) is 13.4. The predicted octanol–water partition coefficient (Wildman–Crippen LogP) is 2.21. The summed E-state index contributed by atoms with van der Waals surface area (Å²) in [5, 5.41) is 16.8. The van der Waals surface area contributed by atoms with E-state index in [0.717, 1.165) is 13.0 Å². The van der Waals surface area contributed by atoms with Crippen LogP contribution >= 0.6 is 0 Å². The zero-order valence-corrected chi connectivity index (χ0v) is 10.9. The third kappa shape index (κ3) is 2.52. The van der Waals surface area contributed by atoms with Gasteiger partial charge in [0, 0.05) is 23.7 Å². The normalized spacial score (nSPS) is 30.0. The molecule has 1 rings (SSSR count). The van der Waals surface area contributed by atoms with E-state index in [4.69, 9.17) is 0 Å². The van der Waals surface area contributed by atoms with Crippen molar-refractivity contribution >= 4 is 0 Å². The maximum absolute atomic E-state index is 12.1. The minimum atomic E-state index is -0.245. The van der Waals surface area contributed by atoms with Crippen LogP contribution in [0.25, 0.3) is 0 Å². The van der Waals surface area contributed by atoms with E-state index in [2.05, 4.69) is 33.0 Å². The van der Waals surface area contributed by atoms with Gasteiger partial charge in [-0.3, -0.25) is 0 Å². The molecule has 1 aliphatic rings. The second kappa shape index (κ2) is 4.04. The molecule has 1 unspecified atom stereocenters. The van der Waals surface area contributed by atoms with Gasteiger partial charge < -0.3 is 5.32 Å². The molecule has 0 amide bonds. The first-order chi connectivity index (χ1) is 6.68. The van der Waals surface area contributed by atoms with Crippen LogP contribution in [0.15, 0.2) is 0 Å². The molecule has 3 nitrogen and oxygen atoms in total. The molecule has 1 radical (unpaired) electrons. The Morgan fingerprint density at radius 1 is 1.33 bits per heavy atom. The van der Waals surface area contributed by atoms with Crippen LogP contribution in [0.3, 0.4) is 0 Å². The molecule has 0 spiro atoms. The highest BCUT2D eigenvalue weighted by molar-refractivity contribution is 5.02. The summed E-state index contributed by atoms with van der Waals surface area (Å²) in [5.74, 6) is 0.437. The van der Waals surface area contributed by atoms with Crippen molar-refractivity contribution in [2.45, 2.75) is 65.1 Å². The quantitative estimate of drug-likeness (QED) is 0.780. The minimum absolute atomic E-state index is 0.215. The number of hydrogen-bond acceptors (Lipinski definition) is 2. The van der Waals surface area contributed by atoms with Crippen molar-refractivity contribution in [1.29, 1.82) is 0 Å². The molecule has 0 aromatic rings. The monoisotopic (exact) mass is 213 g/mol. The van der Waals surface area contributed by atoms with E-state index < -0.39 is 0 Å². The fourth-order valence-electron chi connectivity index (χ4n) is 2.58. The van der Waals surface area contributed by atoms with E-state index in [1.807, 2.05) is 13.8 Å². The van der Waals surface area contributed by atoms with Crippen LogP contribution in [0, 0.1) is 5.92 Å². The summed E-state index contributed by atoms with van der Waals surface area (Å²) < 4.78 is 0. The molecule has 1 heterocycles. The van der Waals surface area contributed by atoms with Crippen molar-refractivity contribution in [2.75, 3.05) is 6.54 Å². The summed E-state index contributed by atoms with van der Waals surface area (Å²) >= 11 is 0. The molecule has 1 N–H and O–H groups in total. The highest BCUT2D eigenvalue weighted by atomic mass is 16.5. The van der Waals surface area contributed by atoms with Crippen LogP contribution in [0.4, 0.5) is 0 Å². The Morgan fingerprint density at radius 2 is 1.87 bits per heavy atom. The molecule has 1 fully saturated rings. The van der Waals surface area contributed by atoms with Crippen molar-refractivity contribution in [2.24, 2.45) is 5.92 Å². The van der Waals surface area contributed by atoms with Crippen LogP contribution in [0.1, 0.15) is 48.0 Å². The van der Waals surface area contributed by atoms with Crippen LogP contribution in [0.2, 0.25) is 0 Å². The zero-order chi connectivity index (χ0) is 11.9. The van der Waals surface area contributed by atoms with Crippen LogP contribution < -0.4 is 5.32 Å². The van der Waals surface area contributed by atoms with Gasteiger partial charge in [-0.2, -0.15) is 0 Å². The van der Waals surface area contributed by atoms with Crippen LogP contribution in [-0.2, 0) is 5.21 Å². The van der Waals surface area contributed by atoms with Crippen LogP contribution in [0.5, 0.6) is 0 Å². The van der Waals surface area contributed by atoms with Gasteiger partial charge in [0.25, 0.3) is 0 Å². The second-order valence-electron chi connectivity index (χ2n) is 6.22. The average molecular weight is 213 g/mol. The van der Waals surface area contributed by atoms with Gasteiger partial charge in [0.1, 0.15) is 0 Å². The van der Waals surface area contributed by atoms with Crippen molar-refractivity contribution in [1.82, 2.24) is 10.4 Å². The molecule has 89 valence electrons. The molecule has 1 atom stereocenters. The van der Waals surface area contributed by atoms with E-state index in [1.54, 1.807) is 0 Å². The van der Waals surface area contributed by atoms with E-state index in [9.17, 15) is 5.21 Å². The van der Waals surface area contributed by atoms with E-state index in [1.165, 1.54) is 5.06 Å². The molecule has 1 aliphatic heterocycles. The SMILES string of the molecule is CC(C)NCC1CC(C)(C)N([O])C1(C)C. The fourth-order valence-corrected chi connectivity index (χ4v) is 2.58. The van der Waals surface area contributed by atoms with Gasteiger partial charge in [-0.25, -0.2) is 0 Å². The van der Waals surface area contributed by atoms with Gasteiger partial charge in [0.2, 0.25) is 0 Å². The Balaban J connectivity index is 2.67. The zero-order valence-electron chi connectivity index (χ0n) is 10.9. The average Bonchev–Trinajstić information content (AvgIpc) is 2.23.